The van der Waals surface area contributed by atoms with Crippen molar-refractivity contribution in [3.8, 4) is 0 Å². The van der Waals surface area contributed by atoms with Crippen molar-refractivity contribution in [2.75, 3.05) is 0 Å². The Bertz CT molecular complexity index is 752. The van der Waals surface area contributed by atoms with Gasteiger partial charge in [0, 0.05) is 12.8 Å². The first-order valence-corrected chi connectivity index (χ1v) is 9.91. The lowest BCUT2D eigenvalue weighted by Gasteiger charge is -2.34. The summed E-state index contributed by atoms with van der Waals surface area (Å²) in [7, 11) is 0. The molecule has 1 unspecified atom stereocenters. The zero-order chi connectivity index (χ0) is 19.1. The van der Waals surface area contributed by atoms with Crippen LogP contribution >= 0.6 is 0 Å². The van der Waals surface area contributed by atoms with Crippen molar-refractivity contribution in [2.24, 2.45) is 5.92 Å². The van der Waals surface area contributed by atoms with Crippen LogP contribution in [0.3, 0.4) is 0 Å². The van der Waals surface area contributed by atoms with Crippen molar-refractivity contribution in [3.05, 3.63) is 108 Å². The average Bonchev–Trinajstić information content (AvgIpc) is 2.68. The zero-order valence-corrected chi connectivity index (χ0v) is 16.4. The largest absolute Gasteiger partial charge is 0.389 e. The third-order valence-electron chi connectivity index (χ3n) is 5.38. The van der Waals surface area contributed by atoms with E-state index in [4.69, 9.17) is 0 Å². The second kappa shape index (κ2) is 9.01. The summed E-state index contributed by atoms with van der Waals surface area (Å²) >= 11 is 0. The maximum Gasteiger partial charge on any atom is 0.0734 e. The third-order valence-corrected chi connectivity index (χ3v) is 5.38. The van der Waals surface area contributed by atoms with E-state index >= 15 is 0 Å². The van der Waals surface area contributed by atoms with E-state index in [0.717, 1.165) is 6.42 Å². The van der Waals surface area contributed by atoms with Crippen LogP contribution in [0.5, 0.6) is 0 Å². The summed E-state index contributed by atoms with van der Waals surface area (Å²) < 4.78 is 0. The van der Waals surface area contributed by atoms with E-state index in [1.807, 2.05) is 12.1 Å². The second-order valence-corrected chi connectivity index (χ2v) is 8.01. The van der Waals surface area contributed by atoms with Crippen LogP contribution in [0.15, 0.2) is 91.0 Å². The van der Waals surface area contributed by atoms with E-state index in [0.29, 0.717) is 24.7 Å². The smallest absolute Gasteiger partial charge is 0.0734 e. The quantitative estimate of drug-likeness (QED) is 0.521. The van der Waals surface area contributed by atoms with Gasteiger partial charge in [-0.2, -0.15) is 0 Å². The second-order valence-electron chi connectivity index (χ2n) is 8.01. The Kier molecular flexibility index (Phi) is 6.47. The molecule has 0 aliphatic carbocycles. The molecule has 0 amide bonds. The summed E-state index contributed by atoms with van der Waals surface area (Å²) in [4.78, 5) is 0. The maximum absolute atomic E-state index is 11.8. The molecule has 1 nitrogen and oxygen atoms in total. The van der Waals surface area contributed by atoms with E-state index in [-0.39, 0.29) is 0 Å². The highest BCUT2D eigenvalue weighted by Gasteiger charge is 2.33. The Hall–Kier alpha value is -2.38. The minimum absolute atomic E-state index is 0.323. The molecule has 0 radical (unpaired) electrons. The topological polar surface area (TPSA) is 20.2 Å². The highest BCUT2D eigenvalue weighted by molar-refractivity contribution is 5.25. The summed E-state index contributed by atoms with van der Waals surface area (Å²) in [6.07, 6.45) is 2.08. The first kappa shape index (κ1) is 19.4. The molecule has 0 aliphatic heterocycles. The van der Waals surface area contributed by atoms with Crippen LogP contribution in [-0.4, -0.2) is 10.7 Å². The fraction of sp³-hybridized carbons (Fsp3) is 0.308. The lowest BCUT2D eigenvalue weighted by Crippen LogP contribution is -2.37. The van der Waals surface area contributed by atoms with Crippen LogP contribution in [0.1, 0.15) is 42.9 Å². The molecule has 140 valence electrons. The monoisotopic (exact) mass is 358 g/mol. The summed E-state index contributed by atoms with van der Waals surface area (Å²) in [5.74, 6) is 0.786. The van der Waals surface area contributed by atoms with Crippen molar-refractivity contribution in [3.63, 3.8) is 0 Å². The molecule has 0 saturated carbocycles. The molecule has 27 heavy (non-hydrogen) atoms. The highest BCUT2D eigenvalue weighted by atomic mass is 16.3. The molecule has 0 heterocycles. The highest BCUT2D eigenvalue weighted by Crippen LogP contribution is 2.36. The molecule has 0 bridgehead atoms. The van der Waals surface area contributed by atoms with Gasteiger partial charge >= 0.3 is 0 Å². The Morgan fingerprint density at radius 1 is 0.667 bits per heavy atom. The van der Waals surface area contributed by atoms with E-state index in [1.54, 1.807) is 0 Å². The van der Waals surface area contributed by atoms with Crippen LogP contribution in [0, 0.1) is 5.92 Å². The van der Waals surface area contributed by atoms with E-state index in [9.17, 15) is 5.11 Å². The number of hydrogen-bond acceptors (Lipinski definition) is 1. The average molecular weight is 359 g/mol. The van der Waals surface area contributed by atoms with Gasteiger partial charge in [-0.05, 0) is 34.9 Å². The van der Waals surface area contributed by atoms with Crippen LogP contribution in [0.4, 0.5) is 0 Å². The number of hydrogen-bond donors (Lipinski definition) is 1. The minimum atomic E-state index is -0.784. The normalized spacial score (nSPS) is 12.9. The van der Waals surface area contributed by atoms with E-state index in [1.165, 1.54) is 16.7 Å². The van der Waals surface area contributed by atoms with E-state index < -0.39 is 5.60 Å². The molecule has 0 aromatic heterocycles. The molecule has 3 aromatic rings. The molecule has 1 heteroatoms. The van der Waals surface area contributed by atoms with Gasteiger partial charge in [-0.3, -0.25) is 0 Å². The standard InChI is InChI=1S/C26H30O/c1-21(2)25(24-16-10-5-11-17-24)20-26(27,18-22-12-6-3-7-13-22)19-23-14-8-4-9-15-23/h3-17,21,25,27H,18-20H2,1-2H3. The molecule has 1 atom stereocenters. The Balaban J connectivity index is 1.90. The first-order valence-electron chi connectivity index (χ1n) is 9.91. The fourth-order valence-corrected chi connectivity index (χ4v) is 4.01. The molecular formula is C26H30O. The van der Waals surface area contributed by atoms with E-state index in [2.05, 4.69) is 92.7 Å². The SMILES string of the molecule is CC(C)C(CC(O)(Cc1ccccc1)Cc1ccccc1)c1ccccc1. The Labute approximate surface area is 163 Å². The lowest BCUT2D eigenvalue weighted by atomic mass is 9.75. The first-order chi connectivity index (χ1) is 13.1. The minimum Gasteiger partial charge on any atom is -0.389 e. The molecule has 1 N–H and O–H groups in total. The molecule has 3 aromatic carbocycles. The lowest BCUT2D eigenvalue weighted by molar-refractivity contribution is 0.0202. The number of rotatable bonds is 8. The number of benzene rings is 3. The number of aliphatic hydroxyl groups is 1. The van der Waals surface area contributed by atoms with Gasteiger partial charge in [0.1, 0.15) is 0 Å². The van der Waals surface area contributed by atoms with Crippen LogP contribution in [0.25, 0.3) is 0 Å². The van der Waals surface area contributed by atoms with Crippen LogP contribution in [-0.2, 0) is 12.8 Å². The molecule has 0 fully saturated rings. The van der Waals surface area contributed by atoms with Crippen molar-refractivity contribution in [2.45, 2.75) is 44.6 Å². The summed E-state index contributed by atoms with van der Waals surface area (Å²) in [5.41, 5.74) is 2.90. The molecule has 0 spiro atoms. The van der Waals surface area contributed by atoms with Gasteiger partial charge < -0.3 is 5.11 Å². The summed E-state index contributed by atoms with van der Waals surface area (Å²) in [5, 5.41) is 11.8. The Morgan fingerprint density at radius 3 is 1.48 bits per heavy atom. The predicted molar refractivity (Wildman–Crippen MR) is 114 cm³/mol. The van der Waals surface area contributed by atoms with Crippen LogP contribution in [0.2, 0.25) is 0 Å². The van der Waals surface area contributed by atoms with Gasteiger partial charge in [0.15, 0.2) is 0 Å². The summed E-state index contributed by atoms with van der Waals surface area (Å²) in [6, 6.07) is 31.3. The maximum atomic E-state index is 11.8. The van der Waals surface area contributed by atoms with Gasteiger partial charge in [0.25, 0.3) is 0 Å². The molecular weight excluding hydrogens is 328 g/mol. The van der Waals surface area contributed by atoms with Crippen LogP contribution < -0.4 is 0 Å². The Morgan fingerprint density at radius 2 is 1.07 bits per heavy atom. The van der Waals surface area contributed by atoms with Crippen molar-refractivity contribution < 1.29 is 5.11 Å². The fourth-order valence-electron chi connectivity index (χ4n) is 4.01. The summed E-state index contributed by atoms with van der Waals surface area (Å²) in [6.45, 7) is 4.51. The van der Waals surface area contributed by atoms with Crippen molar-refractivity contribution in [1.29, 1.82) is 0 Å². The molecule has 0 aliphatic rings. The van der Waals surface area contributed by atoms with Gasteiger partial charge in [-0.25, -0.2) is 0 Å². The van der Waals surface area contributed by atoms with Gasteiger partial charge in [-0.1, -0.05) is 105 Å². The van der Waals surface area contributed by atoms with Gasteiger partial charge in [0.2, 0.25) is 0 Å². The molecule has 0 saturated heterocycles. The third kappa shape index (κ3) is 5.55. The van der Waals surface area contributed by atoms with Crippen molar-refractivity contribution in [1.82, 2.24) is 0 Å². The zero-order valence-electron chi connectivity index (χ0n) is 16.4. The molecule has 3 rings (SSSR count). The predicted octanol–water partition coefficient (Wildman–Crippen LogP) is 6.03. The van der Waals surface area contributed by atoms with Crippen molar-refractivity contribution >= 4 is 0 Å². The van der Waals surface area contributed by atoms with Gasteiger partial charge in [-0.15, -0.1) is 0 Å². The van der Waals surface area contributed by atoms with Gasteiger partial charge in [0.05, 0.1) is 5.60 Å².